The molecule has 2 aliphatic heterocycles. The molecule has 2 aliphatic rings. The molecule has 4 rings (SSSR count). The number of nitrogens with zero attached hydrogens (tertiary/aromatic N) is 2. The van der Waals surface area contributed by atoms with Gasteiger partial charge in [-0.05, 0) is 41.8 Å². The van der Waals surface area contributed by atoms with Gasteiger partial charge in [-0.25, -0.2) is 0 Å². The molecular formula is C29H38LiN3O3-2. The van der Waals surface area contributed by atoms with E-state index in [4.69, 9.17) is 9.53 Å². The van der Waals surface area contributed by atoms with E-state index in [0.717, 1.165) is 55.0 Å². The summed E-state index contributed by atoms with van der Waals surface area (Å²) in [4.78, 5) is 13.2. The van der Waals surface area contributed by atoms with Gasteiger partial charge in [0.2, 0.25) is 0 Å². The number of nitrogens with one attached hydrogen (secondary N) is 1. The number of rotatable bonds is 8. The number of aliphatic hydroxyl groups is 1. The second-order valence-corrected chi connectivity index (χ2v) is 8.98. The predicted octanol–water partition coefficient (Wildman–Crippen LogP) is 1.12. The van der Waals surface area contributed by atoms with Crippen molar-refractivity contribution in [2.24, 2.45) is 0 Å². The van der Waals surface area contributed by atoms with Crippen LogP contribution in [0.3, 0.4) is 0 Å². The Morgan fingerprint density at radius 2 is 1.83 bits per heavy atom. The molecule has 36 heavy (non-hydrogen) atoms. The van der Waals surface area contributed by atoms with Crippen LogP contribution in [0.2, 0.25) is 0 Å². The van der Waals surface area contributed by atoms with Gasteiger partial charge in [0.15, 0.2) is 0 Å². The van der Waals surface area contributed by atoms with Crippen LogP contribution in [0.4, 0.5) is 5.69 Å². The van der Waals surface area contributed by atoms with E-state index in [0.29, 0.717) is 26.2 Å². The predicted molar refractivity (Wildman–Crippen MR) is 143 cm³/mol. The van der Waals surface area contributed by atoms with Crippen molar-refractivity contribution < 1.29 is 33.5 Å². The summed E-state index contributed by atoms with van der Waals surface area (Å²) in [6, 6.07) is 15.0. The van der Waals surface area contributed by atoms with Crippen LogP contribution in [-0.4, -0.2) is 66.1 Å². The Balaban J connectivity index is 0.00000109. The molecule has 0 unspecified atom stereocenters. The Morgan fingerprint density at radius 3 is 2.53 bits per heavy atom. The zero-order chi connectivity index (χ0) is 25.2. The monoisotopic (exact) mass is 483 g/mol. The van der Waals surface area contributed by atoms with Crippen LogP contribution in [0.1, 0.15) is 36.5 Å². The van der Waals surface area contributed by atoms with Crippen LogP contribution in [0.5, 0.6) is 5.75 Å². The average Bonchev–Trinajstić information content (AvgIpc) is 3.01. The molecule has 0 aromatic heterocycles. The van der Waals surface area contributed by atoms with Gasteiger partial charge in [0.05, 0.1) is 12.6 Å². The minimum atomic E-state index is -0.457. The van der Waals surface area contributed by atoms with Crippen LogP contribution in [-0.2, 0) is 17.8 Å². The molecule has 2 N–H and O–H groups in total. The summed E-state index contributed by atoms with van der Waals surface area (Å²) in [6.45, 7) is 18.0. The van der Waals surface area contributed by atoms with E-state index in [1.807, 2.05) is 12.1 Å². The minimum absolute atomic E-state index is 0. The quantitative estimate of drug-likeness (QED) is 0.434. The molecule has 7 heteroatoms. The summed E-state index contributed by atoms with van der Waals surface area (Å²) in [5.74, 6) is 0.839. The largest absolute Gasteiger partial charge is 1.00 e. The van der Waals surface area contributed by atoms with Crippen LogP contribution in [0.25, 0.3) is 5.70 Å². The number of fused-ring (bicyclic) bond motifs is 2. The second kappa shape index (κ2) is 15.1. The average molecular weight is 484 g/mol. The van der Waals surface area contributed by atoms with Crippen molar-refractivity contribution in [1.29, 1.82) is 0 Å². The molecule has 190 valence electrons. The molecule has 0 radical (unpaired) electrons. The van der Waals surface area contributed by atoms with Crippen molar-refractivity contribution in [3.8, 4) is 5.75 Å². The van der Waals surface area contributed by atoms with E-state index in [-0.39, 0.29) is 24.9 Å². The first-order valence-electron chi connectivity index (χ1n) is 12.3. The molecular weight excluding hydrogens is 445 g/mol. The summed E-state index contributed by atoms with van der Waals surface area (Å²) >= 11 is 0. The van der Waals surface area contributed by atoms with Crippen molar-refractivity contribution in [2.75, 3.05) is 38.1 Å². The normalized spacial score (nSPS) is 15.8. The van der Waals surface area contributed by atoms with Gasteiger partial charge < -0.3 is 38.7 Å². The summed E-state index contributed by atoms with van der Waals surface area (Å²) in [6.07, 6.45) is 3.63. The third-order valence-electron chi connectivity index (χ3n) is 6.47. The van der Waals surface area contributed by atoms with Gasteiger partial charge in [-0.15, -0.1) is 0 Å². The Bertz CT molecular complexity index is 980. The molecule has 0 aliphatic carbocycles. The summed E-state index contributed by atoms with van der Waals surface area (Å²) in [5, 5.41) is 14.4. The van der Waals surface area contributed by atoms with Gasteiger partial charge >= 0.3 is 18.9 Å². The first-order valence-corrected chi connectivity index (χ1v) is 12.3. The first kappa shape index (κ1) is 30.0. The molecule has 2 aromatic carbocycles. The molecule has 0 spiro atoms. The molecule has 6 nitrogen and oxygen atoms in total. The fourth-order valence-electron chi connectivity index (χ4n) is 4.59. The Kier molecular flexibility index (Phi) is 12.6. The third kappa shape index (κ3) is 8.14. The van der Waals surface area contributed by atoms with Crippen LogP contribution in [0.15, 0.2) is 49.0 Å². The van der Waals surface area contributed by atoms with E-state index in [9.17, 15) is 5.11 Å². The van der Waals surface area contributed by atoms with Gasteiger partial charge in [-0.1, -0.05) is 30.8 Å². The second-order valence-electron chi connectivity index (χ2n) is 8.98. The minimum Gasteiger partial charge on any atom is -0.542 e. The zero-order valence-electron chi connectivity index (χ0n) is 21.8. The van der Waals surface area contributed by atoms with Crippen LogP contribution < -0.4 is 28.9 Å². The van der Waals surface area contributed by atoms with E-state index in [1.165, 1.54) is 24.3 Å². The number of anilines is 1. The molecule has 0 amide bonds. The van der Waals surface area contributed by atoms with Gasteiger partial charge in [0.1, 0.15) is 12.4 Å². The number of ether oxygens (including phenoxy) is 1. The molecule has 1 atom stereocenters. The summed E-state index contributed by atoms with van der Waals surface area (Å²) < 4.78 is 5.99. The van der Waals surface area contributed by atoms with Crippen molar-refractivity contribution in [2.45, 2.75) is 44.9 Å². The Labute approximate surface area is 228 Å². The number of hydrogen-bond acceptors (Lipinski definition) is 6. The molecule has 0 bridgehead atoms. The topological polar surface area (TPSA) is 65.0 Å². The van der Waals surface area contributed by atoms with Crippen molar-refractivity contribution in [1.82, 2.24) is 9.80 Å². The maximum absolute atomic E-state index is 10.9. The SMILES string of the molecule is C=C1c2cc(NC(C[CH2-])C[CH2-])ccc2OCCN1C[C@@H](O)CN1CCc2ccccc2C1.C[C-]=O.[Li+]. The number of aliphatic hydroxyl groups excluding tert-OH is 1. The van der Waals surface area contributed by atoms with Gasteiger partial charge in [0.25, 0.3) is 0 Å². The van der Waals surface area contributed by atoms with Gasteiger partial charge in [-0.3, -0.25) is 11.2 Å². The standard InChI is InChI=1S/C27H35N3O2.C2H3O.Li/c1-4-23(5-2)28-24-10-11-27-26(16-24)20(3)30(14-15-32-27)19-25(31)18-29-13-12-21-8-6-7-9-22(21)17-29;1-2-3;/h6-11,16,23,25,28,31H,1-5,12-15,17-19H2;1H3;/q-2;-1;+1/t25-;;/m0../s1. The number of benzene rings is 2. The van der Waals surface area contributed by atoms with E-state index < -0.39 is 6.10 Å². The van der Waals surface area contributed by atoms with Gasteiger partial charge in [0, 0.05) is 43.1 Å². The summed E-state index contributed by atoms with van der Waals surface area (Å²) in [5.41, 5.74) is 5.68. The van der Waals surface area contributed by atoms with Crippen LogP contribution in [0, 0.1) is 13.8 Å². The Hall–Kier alpha value is -2.23. The third-order valence-corrected chi connectivity index (χ3v) is 6.47. The van der Waals surface area contributed by atoms with Crippen molar-refractivity contribution >= 4 is 17.7 Å². The number of β-amino-alcohol motifs (C(OH)–C–C–N with tert-alkyl or cyclic N) is 1. The zero-order valence-corrected chi connectivity index (χ0v) is 21.8. The molecule has 0 saturated heterocycles. The van der Waals surface area contributed by atoms with Crippen molar-refractivity contribution in [3.05, 3.63) is 79.6 Å². The van der Waals surface area contributed by atoms with E-state index in [2.05, 4.69) is 65.9 Å². The van der Waals surface area contributed by atoms with Crippen LogP contribution >= 0.6 is 0 Å². The Morgan fingerprint density at radius 1 is 1.14 bits per heavy atom. The van der Waals surface area contributed by atoms with Gasteiger partial charge in [-0.2, -0.15) is 19.8 Å². The fourth-order valence-corrected chi connectivity index (χ4v) is 4.59. The summed E-state index contributed by atoms with van der Waals surface area (Å²) in [7, 11) is 0. The maximum Gasteiger partial charge on any atom is 1.00 e. The first-order chi connectivity index (χ1) is 17.0. The van der Waals surface area contributed by atoms with E-state index in [1.54, 1.807) is 0 Å². The van der Waals surface area contributed by atoms with E-state index >= 15 is 0 Å². The number of hydrogen-bond donors (Lipinski definition) is 2. The molecule has 0 fully saturated rings. The number of carbonyl (C=O) groups excluding carboxylic acids is 1. The molecule has 0 saturated carbocycles. The smallest absolute Gasteiger partial charge is 0.542 e. The molecule has 2 heterocycles. The maximum atomic E-state index is 10.9. The van der Waals surface area contributed by atoms with Crippen molar-refractivity contribution in [3.63, 3.8) is 0 Å². The molecule has 2 aromatic rings. The fraction of sp³-hybridized carbons (Fsp3) is 0.414.